The van der Waals surface area contributed by atoms with E-state index >= 15 is 0 Å². The van der Waals surface area contributed by atoms with Crippen LogP contribution in [0, 0.1) is 13.8 Å². The summed E-state index contributed by atoms with van der Waals surface area (Å²) in [6.07, 6.45) is 0.467. The van der Waals surface area contributed by atoms with Crippen molar-refractivity contribution in [2.45, 2.75) is 39.3 Å². The number of hydrogen-bond donors (Lipinski definition) is 2. The molecule has 21 heavy (non-hydrogen) atoms. The number of amides is 1. The molecule has 0 aromatic heterocycles. The Morgan fingerprint density at radius 2 is 2.05 bits per heavy atom. The fourth-order valence-electron chi connectivity index (χ4n) is 2.62. The number of hydrogen-bond acceptors (Lipinski definition) is 3. The summed E-state index contributed by atoms with van der Waals surface area (Å²) in [4.78, 5) is 12.1. The van der Waals surface area contributed by atoms with Crippen LogP contribution in [0.3, 0.4) is 0 Å². The van der Waals surface area contributed by atoms with Crippen LogP contribution in [0.1, 0.15) is 36.1 Å². The Kier molecular flexibility index (Phi) is 7.15. The van der Waals surface area contributed by atoms with Gasteiger partial charge in [-0.1, -0.05) is 29.3 Å². The second-order valence-electron chi connectivity index (χ2n) is 5.64. The van der Waals surface area contributed by atoms with Crippen LogP contribution in [0.25, 0.3) is 0 Å². The molecule has 2 atom stereocenters. The van der Waals surface area contributed by atoms with E-state index in [0.29, 0.717) is 13.0 Å². The van der Waals surface area contributed by atoms with Crippen LogP contribution in [0.2, 0.25) is 0 Å². The maximum atomic E-state index is 12.1. The van der Waals surface area contributed by atoms with Gasteiger partial charge in [0, 0.05) is 19.0 Å². The Balaban J connectivity index is 0.00000220. The molecule has 0 radical (unpaired) electrons. The molecule has 1 amide bonds. The Hall–Kier alpha value is -1.10. The van der Waals surface area contributed by atoms with Gasteiger partial charge in [-0.3, -0.25) is 4.79 Å². The summed E-state index contributed by atoms with van der Waals surface area (Å²) < 4.78 is 5.36. The number of nitrogens with one attached hydrogen (secondary N) is 2. The lowest BCUT2D eigenvalue weighted by atomic mass is 10.0. The molecule has 2 unspecified atom stereocenters. The highest BCUT2D eigenvalue weighted by Gasteiger charge is 2.18. The van der Waals surface area contributed by atoms with Crippen LogP contribution >= 0.6 is 12.4 Å². The molecular formula is C16H25ClN2O2. The number of benzene rings is 1. The molecule has 1 heterocycles. The van der Waals surface area contributed by atoms with Gasteiger partial charge in [0.1, 0.15) is 0 Å². The van der Waals surface area contributed by atoms with Crippen molar-refractivity contribution in [1.29, 1.82) is 0 Å². The Bertz CT molecular complexity index is 453. The molecule has 0 saturated carbocycles. The van der Waals surface area contributed by atoms with E-state index in [4.69, 9.17) is 4.74 Å². The van der Waals surface area contributed by atoms with E-state index in [0.717, 1.165) is 18.7 Å². The summed E-state index contributed by atoms with van der Waals surface area (Å²) in [5, 5.41) is 6.36. The number of carbonyl (C=O) groups excluding carboxylic acids is 1. The van der Waals surface area contributed by atoms with E-state index < -0.39 is 0 Å². The second kappa shape index (κ2) is 8.37. The van der Waals surface area contributed by atoms with Crippen molar-refractivity contribution in [2.24, 2.45) is 0 Å². The fourth-order valence-corrected chi connectivity index (χ4v) is 2.62. The smallest absolute Gasteiger partial charge is 0.222 e. The summed E-state index contributed by atoms with van der Waals surface area (Å²) in [6, 6.07) is 6.56. The SMILES string of the molecule is Cc1cc(C)cc(C(C)NC(=O)CC2COCCN2)c1.Cl. The number of ether oxygens (including phenoxy) is 1. The number of morpholine rings is 1. The van der Waals surface area contributed by atoms with Crippen molar-refractivity contribution < 1.29 is 9.53 Å². The standard InChI is InChI=1S/C16H24N2O2.ClH/c1-11-6-12(2)8-14(7-11)13(3)18-16(19)9-15-10-20-5-4-17-15;/h6-8,13,15,17H,4-5,9-10H2,1-3H3,(H,18,19);1H. The maximum Gasteiger partial charge on any atom is 0.222 e. The van der Waals surface area contributed by atoms with Crippen LogP contribution in [-0.2, 0) is 9.53 Å². The molecule has 4 nitrogen and oxygen atoms in total. The zero-order valence-corrected chi connectivity index (χ0v) is 13.8. The van der Waals surface area contributed by atoms with Crippen molar-refractivity contribution in [1.82, 2.24) is 10.6 Å². The zero-order valence-electron chi connectivity index (χ0n) is 12.9. The minimum absolute atomic E-state index is 0. The van der Waals surface area contributed by atoms with Gasteiger partial charge in [0.2, 0.25) is 5.91 Å². The van der Waals surface area contributed by atoms with Crippen molar-refractivity contribution in [3.05, 3.63) is 34.9 Å². The highest BCUT2D eigenvalue weighted by atomic mass is 35.5. The average Bonchev–Trinajstić information content (AvgIpc) is 2.38. The normalized spacial score (nSPS) is 19.5. The maximum absolute atomic E-state index is 12.1. The molecule has 1 saturated heterocycles. The van der Waals surface area contributed by atoms with Gasteiger partial charge in [0.15, 0.2) is 0 Å². The molecular weight excluding hydrogens is 288 g/mol. The number of halogens is 1. The zero-order chi connectivity index (χ0) is 14.5. The molecule has 118 valence electrons. The molecule has 1 fully saturated rings. The highest BCUT2D eigenvalue weighted by Crippen LogP contribution is 2.16. The van der Waals surface area contributed by atoms with Gasteiger partial charge >= 0.3 is 0 Å². The van der Waals surface area contributed by atoms with Gasteiger partial charge in [0.25, 0.3) is 0 Å². The monoisotopic (exact) mass is 312 g/mol. The van der Waals surface area contributed by atoms with Crippen LogP contribution in [0.4, 0.5) is 0 Å². The summed E-state index contributed by atoms with van der Waals surface area (Å²) in [5.41, 5.74) is 3.61. The predicted molar refractivity (Wildman–Crippen MR) is 86.9 cm³/mol. The van der Waals surface area contributed by atoms with Crippen LogP contribution in [0.5, 0.6) is 0 Å². The van der Waals surface area contributed by atoms with Gasteiger partial charge in [-0.05, 0) is 26.3 Å². The third-order valence-electron chi connectivity index (χ3n) is 3.55. The average molecular weight is 313 g/mol. The summed E-state index contributed by atoms with van der Waals surface area (Å²) in [6.45, 7) is 8.35. The molecule has 1 aliphatic heterocycles. The van der Waals surface area contributed by atoms with Crippen molar-refractivity contribution in [2.75, 3.05) is 19.8 Å². The lowest BCUT2D eigenvalue weighted by Gasteiger charge is -2.24. The molecule has 1 aromatic rings. The fraction of sp³-hybridized carbons (Fsp3) is 0.562. The largest absolute Gasteiger partial charge is 0.378 e. The molecule has 0 bridgehead atoms. The van der Waals surface area contributed by atoms with Crippen LogP contribution < -0.4 is 10.6 Å². The molecule has 1 aromatic carbocycles. The molecule has 2 N–H and O–H groups in total. The Morgan fingerprint density at radius 1 is 1.38 bits per heavy atom. The molecule has 0 spiro atoms. The topological polar surface area (TPSA) is 50.4 Å². The minimum atomic E-state index is 0. The lowest BCUT2D eigenvalue weighted by Crippen LogP contribution is -2.44. The first-order valence-corrected chi connectivity index (χ1v) is 7.23. The lowest BCUT2D eigenvalue weighted by molar-refractivity contribution is -0.122. The predicted octanol–water partition coefficient (Wildman–Crippen LogP) is 2.28. The van der Waals surface area contributed by atoms with E-state index in [2.05, 4.69) is 42.7 Å². The van der Waals surface area contributed by atoms with Gasteiger partial charge in [-0.2, -0.15) is 0 Å². The third-order valence-corrected chi connectivity index (χ3v) is 3.55. The number of aryl methyl sites for hydroxylation is 2. The summed E-state index contributed by atoms with van der Waals surface area (Å²) in [5.74, 6) is 0.0691. The van der Waals surface area contributed by atoms with E-state index in [-0.39, 0.29) is 30.4 Å². The van der Waals surface area contributed by atoms with Crippen molar-refractivity contribution in [3.8, 4) is 0 Å². The first kappa shape index (κ1) is 18.0. The highest BCUT2D eigenvalue weighted by molar-refractivity contribution is 5.85. The molecule has 1 aliphatic rings. The summed E-state index contributed by atoms with van der Waals surface area (Å²) >= 11 is 0. The van der Waals surface area contributed by atoms with Gasteiger partial charge in [-0.15, -0.1) is 12.4 Å². The number of rotatable bonds is 4. The minimum Gasteiger partial charge on any atom is -0.378 e. The molecule has 0 aliphatic carbocycles. The van der Waals surface area contributed by atoms with Gasteiger partial charge in [-0.25, -0.2) is 0 Å². The van der Waals surface area contributed by atoms with Gasteiger partial charge < -0.3 is 15.4 Å². The first-order valence-electron chi connectivity index (χ1n) is 7.23. The van der Waals surface area contributed by atoms with E-state index in [1.54, 1.807) is 0 Å². The van der Waals surface area contributed by atoms with Crippen LogP contribution in [-0.4, -0.2) is 31.7 Å². The van der Waals surface area contributed by atoms with Crippen molar-refractivity contribution >= 4 is 18.3 Å². The summed E-state index contributed by atoms with van der Waals surface area (Å²) in [7, 11) is 0. The van der Waals surface area contributed by atoms with E-state index in [1.807, 2.05) is 6.92 Å². The van der Waals surface area contributed by atoms with E-state index in [9.17, 15) is 4.79 Å². The second-order valence-corrected chi connectivity index (χ2v) is 5.64. The Labute approximate surface area is 133 Å². The first-order chi connectivity index (χ1) is 9.54. The van der Waals surface area contributed by atoms with Gasteiger partial charge in [0.05, 0.1) is 19.3 Å². The third kappa shape index (κ3) is 5.65. The number of carbonyl (C=O) groups is 1. The molecule has 2 rings (SSSR count). The quantitative estimate of drug-likeness (QED) is 0.897. The van der Waals surface area contributed by atoms with E-state index in [1.165, 1.54) is 11.1 Å². The van der Waals surface area contributed by atoms with Crippen molar-refractivity contribution in [3.63, 3.8) is 0 Å². The van der Waals surface area contributed by atoms with Crippen LogP contribution in [0.15, 0.2) is 18.2 Å². The molecule has 5 heteroatoms. The Morgan fingerprint density at radius 3 is 2.62 bits per heavy atom.